The van der Waals surface area contributed by atoms with E-state index in [1.807, 2.05) is 18.3 Å². The number of hydrogen-bond donors (Lipinski definition) is 3. The molecule has 4 rings (SSSR count). The summed E-state index contributed by atoms with van der Waals surface area (Å²) in [7, 11) is 1.35. The highest BCUT2D eigenvalue weighted by molar-refractivity contribution is 9.10. The molecule has 2 amide bonds. The molecule has 8 heteroatoms. The summed E-state index contributed by atoms with van der Waals surface area (Å²) >= 11 is 3.51. The molecule has 2 heterocycles. The normalized spacial score (nSPS) is 32.3. The van der Waals surface area contributed by atoms with Gasteiger partial charge in [-0.3, -0.25) is 4.79 Å². The van der Waals surface area contributed by atoms with Gasteiger partial charge in [-0.15, -0.1) is 0 Å². The summed E-state index contributed by atoms with van der Waals surface area (Å²) in [5.74, 6) is 0.0137. The van der Waals surface area contributed by atoms with Gasteiger partial charge in [-0.25, -0.2) is 5.32 Å². The third-order valence-corrected chi connectivity index (χ3v) is 8.78. The number of piperidine rings is 1. The van der Waals surface area contributed by atoms with Gasteiger partial charge in [-0.2, -0.15) is 4.79 Å². The maximum Gasteiger partial charge on any atom is 0.512 e. The van der Waals surface area contributed by atoms with E-state index in [4.69, 9.17) is 4.74 Å². The number of benzene rings is 1. The molecule has 1 aromatic carbocycles. The quantitative estimate of drug-likeness (QED) is 0.514. The molecule has 2 bridgehead atoms. The Kier molecular flexibility index (Phi) is 6.53. The van der Waals surface area contributed by atoms with Crippen LogP contribution < -0.4 is 16.0 Å². The number of carbonyl (C=O) groups excluding carboxylic acids is 2. The predicted octanol–water partition coefficient (Wildman–Crippen LogP) is 3.32. The number of amides is 2. The van der Waals surface area contributed by atoms with E-state index in [0.717, 1.165) is 54.3 Å². The average Bonchev–Trinajstić information content (AvgIpc) is 3.47. The molecule has 4 unspecified atom stereocenters. The first-order valence-electron chi connectivity index (χ1n) is 12.0. The molecule has 3 aliphatic rings. The van der Waals surface area contributed by atoms with Crippen LogP contribution in [0.15, 0.2) is 34.9 Å². The van der Waals surface area contributed by atoms with Gasteiger partial charge in [0.2, 0.25) is 0 Å². The second-order valence-corrected chi connectivity index (χ2v) is 10.9. The second kappa shape index (κ2) is 8.95. The molecular weight excluding hydrogens is 484 g/mol. The number of rotatable bonds is 7. The van der Waals surface area contributed by atoms with Crippen molar-refractivity contribution in [2.75, 3.05) is 13.7 Å². The number of ether oxygens (including phenoxy) is 1. The van der Waals surface area contributed by atoms with Crippen LogP contribution in [0.1, 0.15) is 64.9 Å². The van der Waals surface area contributed by atoms with Crippen LogP contribution in [0.5, 0.6) is 0 Å². The number of nitrogens with one attached hydrogen (secondary N) is 2. The maximum atomic E-state index is 13.8. The number of halogens is 1. The van der Waals surface area contributed by atoms with Crippen molar-refractivity contribution in [2.24, 2.45) is 5.41 Å². The van der Waals surface area contributed by atoms with E-state index in [1.165, 1.54) is 12.4 Å². The summed E-state index contributed by atoms with van der Waals surface area (Å²) in [6, 6.07) is 8.24. The summed E-state index contributed by atoms with van der Waals surface area (Å²) in [6.07, 6.45) is 7.42. The number of methoxy groups -OCH3 is 1. The van der Waals surface area contributed by atoms with Crippen molar-refractivity contribution in [1.29, 1.82) is 0 Å². The largest absolute Gasteiger partial charge is 0.512 e. The van der Waals surface area contributed by atoms with Crippen LogP contribution in [0, 0.1) is 5.41 Å². The van der Waals surface area contributed by atoms with Gasteiger partial charge in [0.05, 0.1) is 18.3 Å². The molecule has 7 nitrogen and oxygen atoms in total. The number of fused-ring (bicyclic) bond motifs is 2. The number of nitrogens with zero attached hydrogens (tertiary/aromatic N) is 1. The monoisotopic (exact) mass is 519 g/mol. The molecule has 4 N–H and O–H groups in total. The topological polar surface area (TPSA) is 87.3 Å². The van der Waals surface area contributed by atoms with Crippen LogP contribution >= 0.6 is 15.9 Å². The smallest absolute Gasteiger partial charge is 0.424 e. The molecule has 1 saturated heterocycles. The van der Waals surface area contributed by atoms with Crippen LogP contribution in [0.25, 0.3) is 5.70 Å². The van der Waals surface area contributed by atoms with Gasteiger partial charge in [-0.05, 0) is 55.2 Å². The Bertz CT molecular complexity index is 947. The third-order valence-electron chi connectivity index (χ3n) is 8.26. The zero-order chi connectivity index (χ0) is 23.9. The van der Waals surface area contributed by atoms with Gasteiger partial charge >= 0.3 is 6.09 Å². The minimum Gasteiger partial charge on any atom is -0.424 e. The molecule has 1 saturated carbocycles. The van der Waals surface area contributed by atoms with Crippen molar-refractivity contribution < 1.29 is 19.6 Å². The predicted molar refractivity (Wildman–Crippen MR) is 131 cm³/mol. The molecule has 33 heavy (non-hydrogen) atoms. The highest BCUT2D eigenvalue weighted by Gasteiger charge is 2.73. The first-order valence-corrected chi connectivity index (χ1v) is 12.8. The zero-order valence-electron chi connectivity index (χ0n) is 20.0. The van der Waals surface area contributed by atoms with Gasteiger partial charge in [-0.1, -0.05) is 55.3 Å². The molecule has 180 valence electrons. The van der Waals surface area contributed by atoms with E-state index < -0.39 is 11.6 Å². The van der Waals surface area contributed by atoms with Gasteiger partial charge in [0.15, 0.2) is 6.54 Å². The van der Waals surface area contributed by atoms with Crippen molar-refractivity contribution in [3.8, 4) is 0 Å². The van der Waals surface area contributed by atoms with Crippen LogP contribution in [-0.4, -0.2) is 47.8 Å². The molecule has 0 radical (unpaired) electrons. The van der Waals surface area contributed by atoms with Crippen molar-refractivity contribution in [1.82, 2.24) is 15.5 Å². The van der Waals surface area contributed by atoms with Gasteiger partial charge < -0.3 is 20.3 Å². The van der Waals surface area contributed by atoms with Crippen molar-refractivity contribution in [2.45, 2.75) is 76.5 Å². The minimum absolute atomic E-state index is 0.0137. The van der Waals surface area contributed by atoms with Crippen molar-refractivity contribution in [3.05, 3.63) is 40.5 Å². The molecule has 0 spiro atoms. The lowest BCUT2D eigenvalue weighted by Crippen LogP contribution is -2.91. The van der Waals surface area contributed by atoms with Gasteiger partial charge in [0.25, 0.3) is 5.91 Å². The molecule has 1 aromatic rings. The Balaban J connectivity index is 1.68. The first-order chi connectivity index (χ1) is 15.7. The molecular formula is C25H36BrN4O3+. The number of nitrogens with two attached hydrogens (primary N) is 1. The van der Waals surface area contributed by atoms with E-state index in [-0.39, 0.29) is 29.6 Å². The van der Waals surface area contributed by atoms with Crippen LogP contribution in [0.3, 0.4) is 0 Å². The van der Waals surface area contributed by atoms with E-state index in [2.05, 4.69) is 64.4 Å². The fourth-order valence-electron chi connectivity index (χ4n) is 7.01. The van der Waals surface area contributed by atoms with E-state index in [9.17, 15) is 9.59 Å². The number of likely N-dealkylation sites (tertiary alicyclic amines) is 1. The average molecular weight is 520 g/mol. The summed E-state index contributed by atoms with van der Waals surface area (Å²) in [5.41, 5.74) is 1.54. The third kappa shape index (κ3) is 3.75. The molecule has 4 atom stereocenters. The number of hydrogen-bond acceptors (Lipinski definition) is 5. The standard InChI is InChI=1S/C25H35BrN4O3/c1-5-11-24-13-12-23(3,16-24)25(6-2,30(24)20(31)15-28-22(32)33-4)21-27-14-19(29-21)17-7-9-18(26)10-8-17/h7-10,14,21,27,29H,5-6,11-13,15-16H2,1-4H3,(H,28,32)/p+1. The Morgan fingerprint density at radius 1 is 1.24 bits per heavy atom. The number of quaternary nitrogens is 1. The lowest BCUT2D eigenvalue weighted by atomic mass is 9.66. The Hall–Kier alpha value is -2.06. The highest BCUT2D eigenvalue weighted by atomic mass is 79.9. The SMILES string of the molecule is CCCC12CCC(C)(C1)C(CC)(C1NC=C(c3ccc(Br)cc3)N1)N2C(=O)C[NH2+]C(=O)OC. The lowest BCUT2D eigenvalue weighted by molar-refractivity contribution is -0.559. The fraction of sp³-hybridized carbons (Fsp3) is 0.600. The van der Waals surface area contributed by atoms with Gasteiger partial charge in [0.1, 0.15) is 6.17 Å². The minimum atomic E-state index is -0.457. The Labute approximate surface area is 204 Å². The van der Waals surface area contributed by atoms with Crippen molar-refractivity contribution >= 4 is 33.6 Å². The van der Waals surface area contributed by atoms with Crippen LogP contribution in [0.2, 0.25) is 0 Å². The first kappa shape index (κ1) is 24.1. The summed E-state index contributed by atoms with van der Waals surface area (Å²) < 4.78 is 5.81. The van der Waals surface area contributed by atoms with Crippen LogP contribution in [-0.2, 0) is 9.53 Å². The van der Waals surface area contributed by atoms with E-state index in [0.29, 0.717) is 0 Å². The van der Waals surface area contributed by atoms with Gasteiger partial charge in [0, 0.05) is 16.2 Å². The lowest BCUT2D eigenvalue weighted by Gasteiger charge is -2.56. The fourth-order valence-corrected chi connectivity index (χ4v) is 7.28. The molecule has 0 aromatic heterocycles. The Morgan fingerprint density at radius 2 is 1.97 bits per heavy atom. The van der Waals surface area contributed by atoms with E-state index in [1.54, 1.807) is 0 Å². The zero-order valence-corrected chi connectivity index (χ0v) is 21.6. The number of primary amides is 1. The summed E-state index contributed by atoms with van der Waals surface area (Å²) in [4.78, 5) is 27.8. The van der Waals surface area contributed by atoms with E-state index >= 15 is 0 Å². The van der Waals surface area contributed by atoms with Crippen molar-refractivity contribution in [3.63, 3.8) is 0 Å². The van der Waals surface area contributed by atoms with Crippen LogP contribution in [0.4, 0.5) is 4.79 Å². The Morgan fingerprint density at radius 3 is 2.61 bits per heavy atom. The highest BCUT2D eigenvalue weighted by Crippen LogP contribution is 2.66. The number of carbonyl (C=O) groups is 2. The maximum absolute atomic E-state index is 13.8. The summed E-state index contributed by atoms with van der Waals surface area (Å²) in [5, 5.41) is 8.71. The summed E-state index contributed by atoms with van der Waals surface area (Å²) in [6.45, 7) is 6.80. The molecule has 2 fully saturated rings. The molecule has 1 aliphatic carbocycles. The molecule has 2 aliphatic heterocycles. The second-order valence-electron chi connectivity index (χ2n) is 9.96.